The topological polar surface area (TPSA) is 93.3 Å². The molecule has 0 aliphatic carbocycles. The number of nitrogens with zero attached hydrogens (tertiary/aromatic N) is 4. The van der Waals surface area contributed by atoms with Gasteiger partial charge in [-0.25, -0.2) is 0 Å². The smallest absolute Gasteiger partial charge is 0.317 e. The van der Waals surface area contributed by atoms with Crippen molar-refractivity contribution in [3.63, 3.8) is 0 Å². The summed E-state index contributed by atoms with van der Waals surface area (Å²) in [6.45, 7) is 0.454. The second kappa shape index (κ2) is 4.69. The van der Waals surface area contributed by atoms with Crippen LogP contribution in [0.1, 0.15) is 5.56 Å². The van der Waals surface area contributed by atoms with Crippen LogP contribution in [0.2, 0.25) is 0 Å². The predicted molar refractivity (Wildman–Crippen MR) is 70.7 cm³/mol. The summed E-state index contributed by atoms with van der Waals surface area (Å²) in [6.07, 6.45) is 1.47. The van der Waals surface area contributed by atoms with E-state index >= 15 is 0 Å². The fourth-order valence-corrected chi connectivity index (χ4v) is 1.99. The van der Waals surface area contributed by atoms with Gasteiger partial charge in [-0.15, -0.1) is 0 Å². The van der Waals surface area contributed by atoms with Gasteiger partial charge in [0.1, 0.15) is 16.8 Å². The number of benzene rings is 1. The van der Waals surface area contributed by atoms with Gasteiger partial charge in [0.05, 0.1) is 19.9 Å². The Morgan fingerprint density at radius 2 is 1.90 bits per heavy atom. The van der Waals surface area contributed by atoms with Gasteiger partial charge in [-0.2, -0.15) is 15.1 Å². The van der Waals surface area contributed by atoms with Gasteiger partial charge in [0.2, 0.25) is 5.88 Å². The van der Waals surface area contributed by atoms with E-state index in [2.05, 4.69) is 15.1 Å². The molecule has 2 N–H and O–H groups in total. The van der Waals surface area contributed by atoms with E-state index in [-0.39, 0.29) is 5.88 Å². The molecule has 1 aromatic carbocycles. The van der Waals surface area contributed by atoms with E-state index < -0.39 is 6.01 Å². The molecule has 0 spiro atoms. The maximum atomic E-state index is 9.79. The van der Waals surface area contributed by atoms with Crippen LogP contribution in [-0.2, 0) is 6.54 Å². The Bertz CT molecular complexity index is 752. The summed E-state index contributed by atoms with van der Waals surface area (Å²) in [5, 5.41) is 23.2. The van der Waals surface area contributed by atoms with Crippen molar-refractivity contribution in [1.29, 1.82) is 0 Å². The minimum absolute atomic E-state index is 0.293. The summed E-state index contributed by atoms with van der Waals surface area (Å²) in [5.41, 5.74) is 1.77. The van der Waals surface area contributed by atoms with E-state index in [1.807, 2.05) is 24.3 Å². The van der Waals surface area contributed by atoms with Gasteiger partial charge < -0.3 is 14.9 Å². The molecule has 0 saturated heterocycles. The Morgan fingerprint density at radius 1 is 1.15 bits per heavy atom. The molecule has 7 nitrogen and oxygen atoms in total. The quantitative estimate of drug-likeness (QED) is 0.746. The van der Waals surface area contributed by atoms with Gasteiger partial charge in [0, 0.05) is 0 Å². The maximum absolute atomic E-state index is 9.79. The van der Waals surface area contributed by atoms with Crippen molar-refractivity contribution in [2.45, 2.75) is 6.54 Å². The zero-order valence-electron chi connectivity index (χ0n) is 10.7. The third kappa shape index (κ3) is 2.09. The van der Waals surface area contributed by atoms with Crippen LogP contribution in [-0.4, -0.2) is 37.1 Å². The highest BCUT2D eigenvalue weighted by molar-refractivity contribution is 5.79. The highest BCUT2D eigenvalue weighted by Gasteiger charge is 2.12. The third-order valence-corrected chi connectivity index (χ3v) is 2.95. The van der Waals surface area contributed by atoms with Crippen LogP contribution in [0.4, 0.5) is 0 Å². The molecule has 7 heteroatoms. The molecule has 0 unspecified atom stereocenters. The van der Waals surface area contributed by atoms with Gasteiger partial charge in [0.15, 0.2) is 0 Å². The Morgan fingerprint density at radius 3 is 2.60 bits per heavy atom. The van der Waals surface area contributed by atoms with Crippen LogP contribution in [0.3, 0.4) is 0 Å². The molecule has 0 radical (unpaired) electrons. The molecular formula is C13H12N4O3. The normalized spacial score (nSPS) is 10.8. The molecule has 3 rings (SSSR count). The van der Waals surface area contributed by atoms with Crippen molar-refractivity contribution < 1.29 is 14.9 Å². The lowest BCUT2D eigenvalue weighted by Gasteiger charge is -2.06. The molecule has 2 aromatic heterocycles. The molecule has 20 heavy (non-hydrogen) atoms. The number of ether oxygens (including phenoxy) is 1. The van der Waals surface area contributed by atoms with E-state index in [9.17, 15) is 10.2 Å². The summed E-state index contributed by atoms with van der Waals surface area (Å²) in [4.78, 5) is 7.33. The van der Waals surface area contributed by atoms with Crippen LogP contribution >= 0.6 is 0 Å². The average Bonchev–Trinajstić information content (AvgIpc) is 2.82. The summed E-state index contributed by atoms with van der Waals surface area (Å²) < 4.78 is 6.67. The molecule has 0 bridgehead atoms. The van der Waals surface area contributed by atoms with Gasteiger partial charge in [-0.05, 0) is 17.7 Å². The molecule has 102 valence electrons. The first kappa shape index (κ1) is 12.2. The molecule has 0 aliphatic rings. The summed E-state index contributed by atoms with van der Waals surface area (Å²) in [5.74, 6) is 0.480. The average molecular weight is 272 g/mol. The van der Waals surface area contributed by atoms with Crippen molar-refractivity contribution in [3.8, 4) is 17.6 Å². The van der Waals surface area contributed by atoms with E-state index in [0.717, 1.165) is 11.3 Å². The van der Waals surface area contributed by atoms with E-state index in [1.54, 1.807) is 11.8 Å². The Balaban J connectivity index is 1.98. The van der Waals surface area contributed by atoms with Crippen molar-refractivity contribution in [2.24, 2.45) is 0 Å². The number of methoxy groups -OCH3 is 1. The SMILES string of the molecule is COc1ccc(Cn2ncc3nc(O)nc(O)c32)cc1. The zero-order valence-corrected chi connectivity index (χ0v) is 10.7. The Kier molecular flexibility index (Phi) is 2.86. The standard InChI is InChI=1S/C13H12N4O3/c1-20-9-4-2-8(3-5-9)7-17-11-10(6-14-17)15-13(19)16-12(11)18/h2-6H,7H2,1H3,(H2,15,16,18,19). The van der Waals surface area contributed by atoms with Crippen molar-refractivity contribution in [3.05, 3.63) is 36.0 Å². The first-order chi connectivity index (χ1) is 9.67. The molecular weight excluding hydrogens is 260 g/mol. The van der Waals surface area contributed by atoms with Crippen LogP contribution in [0.15, 0.2) is 30.5 Å². The number of aromatic hydroxyl groups is 2. The molecule has 0 saturated carbocycles. The van der Waals surface area contributed by atoms with Crippen LogP contribution in [0.25, 0.3) is 11.0 Å². The predicted octanol–water partition coefficient (Wildman–Crippen LogP) is 1.29. The number of fused-ring (bicyclic) bond motifs is 1. The van der Waals surface area contributed by atoms with E-state index in [0.29, 0.717) is 17.6 Å². The highest BCUT2D eigenvalue weighted by Crippen LogP contribution is 2.23. The van der Waals surface area contributed by atoms with Crippen molar-refractivity contribution >= 4 is 11.0 Å². The highest BCUT2D eigenvalue weighted by atomic mass is 16.5. The van der Waals surface area contributed by atoms with Gasteiger partial charge in [-0.1, -0.05) is 12.1 Å². The Hall–Kier alpha value is -2.83. The lowest BCUT2D eigenvalue weighted by molar-refractivity contribution is 0.401. The number of aromatic nitrogens is 4. The summed E-state index contributed by atoms with van der Waals surface area (Å²) >= 11 is 0. The first-order valence-electron chi connectivity index (χ1n) is 5.92. The lowest BCUT2D eigenvalue weighted by atomic mass is 10.2. The van der Waals surface area contributed by atoms with E-state index in [4.69, 9.17) is 4.74 Å². The zero-order chi connectivity index (χ0) is 14.1. The minimum Gasteiger partial charge on any atom is -0.497 e. The fourth-order valence-electron chi connectivity index (χ4n) is 1.99. The number of rotatable bonds is 3. The number of hydrogen-bond acceptors (Lipinski definition) is 6. The largest absolute Gasteiger partial charge is 0.497 e. The number of hydrogen-bond donors (Lipinski definition) is 2. The monoisotopic (exact) mass is 272 g/mol. The summed E-state index contributed by atoms with van der Waals surface area (Å²) in [6, 6.07) is 7.04. The van der Waals surface area contributed by atoms with Gasteiger partial charge >= 0.3 is 6.01 Å². The molecule has 0 fully saturated rings. The lowest BCUT2D eigenvalue weighted by Crippen LogP contribution is -2.02. The molecule has 2 heterocycles. The third-order valence-electron chi connectivity index (χ3n) is 2.95. The van der Waals surface area contributed by atoms with Crippen LogP contribution < -0.4 is 4.74 Å². The van der Waals surface area contributed by atoms with Crippen molar-refractivity contribution in [1.82, 2.24) is 19.7 Å². The van der Waals surface area contributed by atoms with Crippen LogP contribution in [0.5, 0.6) is 17.6 Å². The Labute approximate surface area is 114 Å². The van der Waals surface area contributed by atoms with Crippen molar-refractivity contribution in [2.75, 3.05) is 7.11 Å². The molecule has 3 aromatic rings. The summed E-state index contributed by atoms with van der Waals surface area (Å²) in [7, 11) is 1.61. The molecule has 0 atom stereocenters. The first-order valence-corrected chi connectivity index (χ1v) is 5.92. The second-order valence-corrected chi connectivity index (χ2v) is 4.23. The van der Waals surface area contributed by atoms with Gasteiger partial charge in [-0.3, -0.25) is 4.68 Å². The van der Waals surface area contributed by atoms with Crippen LogP contribution in [0, 0.1) is 0 Å². The fraction of sp³-hybridized carbons (Fsp3) is 0.154. The second-order valence-electron chi connectivity index (χ2n) is 4.23. The maximum Gasteiger partial charge on any atom is 0.317 e. The minimum atomic E-state index is -0.473. The van der Waals surface area contributed by atoms with E-state index in [1.165, 1.54) is 6.20 Å². The molecule has 0 amide bonds. The molecule has 0 aliphatic heterocycles. The van der Waals surface area contributed by atoms with Gasteiger partial charge in [0.25, 0.3) is 0 Å².